The molecule has 0 aromatic carbocycles. The van der Waals surface area contributed by atoms with E-state index in [1.165, 1.54) is 6.42 Å². The number of rotatable bonds is 3. The highest BCUT2D eigenvalue weighted by atomic mass is 16.3. The summed E-state index contributed by atoms with van der Waals surface area (Å²) in [6.07, 6.45) is 6.94. The number of carbonyl (C=O) groups is 1. The van der Waals surface area contributed by atoms with Gasteiger partial charge in [-0.3, -0.25) is 10.2 Å². The molecule has 4 rings (SSSR count). The lowest BCUT2D eigenvalue weighted by molar-refractivity contribution is -0.170. The molecule has 4 aliphatic rings. The third-order valence-electron chi connectivity index (χ3n) is 5.04. The maximum atomic E-state index is 12.0. The molecule has 0 spiro atoms. The maximum absolute atomic E-state index is 12.0. The predicted molar refractivity (Wildman–Crippen MR) is 68.5 cm³/mol. The summed E-state index contributed by atoms with van der Waals surface area (Å²) >= 11 is 0. The molecule has 2 N–H and O–H groups in total. The molecule has 0 aliphatic heterocycles. The average Bonchev–Trinajstić information content (AvgIpc) is 2.08. The summed E-state index contributed by atoms with van der Waals surface area (Å²) in [7, 11) is 3.68. The minimum Gasteiger partial charge on any atom is -0.390 e. The molecule has 2 atom stereocenters. The van der Waals surface area contributed by atoms with Gasteiger partial charge >= 0.3 is 0 Å². The fraction of sp³-hybridized carbons (Fsp3) is 0.929. The van der Waals surface area contributed by atoms with Crippen LogP contribution in [0, 0.1) is 17.3 Å². The van der Waals surface area contributed by atoms with Crippen LogP contribution in [0.15, 0.2) is 0 Å². The highest BCUT2D eigenvalue weighted by molar-refractivity contribution is 5.76. The number of aliphatic hydroxyl groups is 1. The molecule has 0 aromatic rings. The lowest BCUT2D eigenvalue weighted by Gasteiger charge is -2.60. The number of hydrogen-bond donors (Lipinski definition) is 2. The summed E-state index contributed by atoms with van der Waals surface area (Å²) in [5, 5.41) is 12.3. The smallest absolute Gasteiger partial charge is 0.234 e. The van der Waals surface area contributed by atoms with E-state index in [0.29, 0.717) is 18.3 Å². The van der Waals surface area contributed by atoms with E-state index in [2.05, 4.69) is 5.43 Å². The Bertz CT molecular complexity index is 353. The van der Waals surface area contributed by atoms with Crippen molar-refractivity contribution in [3.05, 3.63) is 0 Å². The maximum Gasteiger partial charge on any atom is 0.234 e. The van der Waals surface area contributed by atoms with E-state index >= 15 is 0 Å². The number of nitrogens with one attached hydrogen (secondary N) is 1. The number of nitrogens with zero attached hydrogens (tertiary/aromatic N) is 1. The number of carbonyl (C=O) groups excluding carboxylic acids is 1. The second-order valence-electron chi connectivity index (χ2n) is 7.29. The van der Waals surface area contributed by atoms with Crippen LogP contribution in [0.3, 0.4) is 0 Å². The monoisotopic (exact) mass is 252 g/mol. The van der Waals surface area contributed by atoms with Gasteiger partial charge in [0.1, 0.15) is 0 Å². The van der Waals surface area contributed by atoms with Crippen LogP contribution in [0.25, 0.3) is 0 Å². The summed E-state index contributed by atoms with van der Waals surface area (Å²) in [5.41, 5.74) is 2.47. The Labute approximate surface area is 109 Å². The molecular weight excluding hydrogens is 228 g/mol. The molecule has 4 nitrogen and oxygen atoms in total. The van der Waals surface area contributed by atoms with E-state index in [-0.39, 0.29) is 11.3 Å². The van der Waals surface area contributed by atoms with Gasteiger partial charge in [-0.2, -0.15) is 0 Å². The second-order valence-corrected chi connectivity index (χ2v) is 7.29. The van der Waals surface area contributed by atoms with Crippen molar-refractivity contribution >= 4 is 5.91 Å². The van der Waals surface area contributed by atoms with Crippen molar-refractivity contribution in [2.75, 3.05) is 14.1 Å². The lowest BCUT2D eigenvalue weighted by atomic mass is 9.47. The van der Waals surface area contributed by atoms with E-state index in [0.717, 1.165) is 32.1 Å². The second kappa shape index (κ2) is 3.94. The predicted octanol–water partition coefficient (Wildman–Crippen LogP) is 1.30. The summed E-state index contributed by atoms with van der Waals surface area (Å²) in [4.78, 5) is 12.0. The molecule has 0 unspecified atom stereocenters. The largest absolute Gasteiger partial charge is 0.390 e. The Balaban J connectivity index is 1.73. The normalized spacial score (nSPS) is 45.6. The van der Waals surface area contributed by atoms with Gasteiger partial charge < -0.3 is 5.11 Å². The quantitative estimate of drug-likeness (QED) is 0.744. The molecule has 0 heterocycles. The van der Waals surface area contributed by atoms with Crippen molar-refractivity contribution in [2.45, 2.75) is 50.5 Å². The molecule has 18 heavy (non-hydrogen) atoms. The molecule has 102 valence electrons. The lowest BCUT2D eigenvalue weighted by Crippen LogP contribution is -2.56. The summed E-state index contributed by atoms with van der Waals surface area (Å²) < 4.78 is 0. The van der Waals surface area contributed by atoms with E-state index in [9.17, 15) is 9.90 Å². The van der Waals surface area contributed by atoms with Gasteiger partial charge in [-0.25, -0.2) is 5.01 Å². The van der Waals surface area contributed by atoms with Crippen molar-refractivity contribution in [1.82, 2.24) is 10.4 Å². The van der Waals surface area contributed by atoms with Gasteiger partial charge in [-0.05, 0) is 55.8 Å². The van der Waals surface area contributed by atoms with Gasteiger partial charge in [0.2, 0.25) is 5.91 Å². The summed E-state index contributed by atoms with van der Waals surface area (Å²) in [5.74, 6) is 1.41. The first-order valence-corrected chi connectivity index (χ1v) is 7.07. The Morgan fingerprint density at radius 3 is 2.39 bits per heavy atom. The molecule has 4 saturated carbocycles. The highest BCUT2D eigenvalue weighted by Gasteiger charge is 2.57. The minimum atomic E-state index is -0.456. The van der Waals surface area contributed by atoms with E-state index in [4.69, 9.17) is 0 Å². The zero-order valence-electron chi connectivity index (χ0n) is 11.4. The number of amides is 1. The van der Waals surface area contributed by atoms with E-state index < -0.39 is 5.60 Å². The zero-order chi connectivity index (χ0) is 13.0. The fourth-order valence-corrected chi connectivity index (χ4v) is 5.24. The van der Waals surface area contributed by atoms with Crippen molar-refractivity contribution in [3.63, 3.8) is 0 Å². The number of hydrogen-bond acceptors (Lipinski definition) is 3. The third-order valence-corrected chi connectivity index (χ3v) is 5.04. The first-order chi connectivity index (χ1) is 8.38. The van der Waals surface area contributed by atoms with Gasteiger partial charge in [0.25, 0.3) is 0 Å². The molecule has 0 radical (unpaired) electrons. The summed E-state index contributed by atoms with van der Waals surface area (Å²) in [6, 6.07) is 0. The Kier molecular flexibility index (Phi) is 2.72. The summed E-state index contributed by atoms with van der Waals surface area (Å²) in [6.45, 7) is 0. The Hall–Kier alpha value is -0.610. The van der Waals surface area contributed by atoms with Crippen LogP contribution < -0.4 is 5.43 Å². The van der Waals surface area contributed by atoms with Crippen molar-refractivity contribution in [2.24, 2.45) is 17.3 Å². The van der Waals surface area contributed by atoms with Crippen LogP contribution in [-0.4, -0.2) is 35.7 Å². The van der Waals surface area contributed by atoms with Crippen LogP contribution in [-0.2, 0) is 4.79 Å². The number of hydrazine groups is 1. The van der Waals surface area contributed by atoms with Crippen LogP contribution >= 0.6 is 0 Å². The van der Waals surface area contributed by atoms with Crippen LogP contribution in [0.1, 0.15) is 44.9 Å². The average molecular weight is 252 g/mol. The van der Waals surface area contributed by atoms with Gasteiger partial charge in [0.15, 0.2) is 0 Å². The SMILES string of the molecule is CN(C)NC(=O)CC12C[C@@H]3C[C@H](CC(O)(C3)C1)C2. The molecule has 1 amide bonds. The zero-order valence-corrected chi connectivity index (χ0v) is 11.4. The van der Waals surface area contributed by atoms with Crippen molar-refractivity contribution < 1.29 is 9.90 Å². The highest BCUT2D eigenvalue weighted by Crippen LogP contribution is 2.62. The Morgan fingerprint density at radius 2 is 1.89 bits per heavy atom. The van der Waals surface area contributed by atoms with Crippen molar-refractivity contribution in [3.8, 4) is 0 Å². The van der Waals surface area contributed by atoms with Crippen LogP contribution in [0.2, 0.25) is 0 Å². The third kappa shape index (κ3) is 2.16. The first kappa shape index (κ1) is 12.4. The minimum absolute atomic E-state index is 0.0823. The topological polar surface area (TPSA) is 52.6 Å². The van der Waals surface area contributed by atoms with Crippen molar-refractivity contribution in [1.29, 1.82) is 0 Å². The van der Waals surface area contributed by atoms with Gasteiger partial charge in [0.05, 0.1) is 5.60 Å². The molecular formula is C14H24N2O2. The Morgan fingerprint density at radius 1 is 1.28 bits per heavy atom. The van der Waals surface area contributed by atoms with Crippen LogP contribution in [0.5, 0.6) is 0 Å². The van der Waals surface area contributed by atoms with Gasteiger partial charge in [-0.15, -0.1) is 0 Å². The van der Waals surface area contributed by atoms with Gasteiger partial charge in [-0.1, -0.05) is 0 Å². The molecule has 4 heteroatoms. The fourth-order valence-electron chi connectivity index (χ4n) is 5.24. The van der Waals surface area contributed by atoms with Gasteiger partial charge in [0, 0.05) is 20.5 Å². The van der Waals surface area contributed by atoms with E-state index in [1.54, 1.807) is 5.01 Å². The van der Waals surface area contributed by atoms with E-state index in [1.807, 2.05) is 14.1 Å². The molecule has 4 bridgehead atoms. The standard InChI is InChI=1S/C14H24N2O2/c1-16(2)15-12(17)8-13-4-10-3-11(5-13)7-14(18,6-10)9-13/h10-11,18H,3-9H2,1-2H3,(H,15,17)/t10-,11-,13?,14?/m0/s1. The van der Waals surface area contributed by atoms with Crippen LogP contribution in [0.4, 0.5) is 0 Å². The molecule has 4 aliphatic carbocycles. The molecule has 4 fully saturated rings. The first-order valence-electron chi connectivity index (χ1n) is 7.07. The molecule has 0 saturated heterocycles. The molecule has 0 aromatic heterocycles.